The van der Waals surface area contributed by atoms with Crippen molar-refractivity contribution < 1.29 is 5.21 Å². The first-order valence-corrected chi connectivity index (χ1v) is 7.22. The van der Waals surface area contributed by atoms with Gasteiger partial charge in [-0.1, -0.05) is 43.9 Å². The molecule has 0 radical (unpaired) electrons. The minimum Gasteiger partial charge on any atom is -0.411 e. The topological polar surface area (TPSA) is 32.6 Å². The van der Waals surface area contributed by atoms with Crippen LogP contribution in [0.3, 0.4) is 0 Å². The fourth-order valence-electron chi connectivity index (χ4n) is 3.32. The average Bonchev–Trinajstić information content (AvgIpc) is 2.65. The molecule has 2 saturated carbocycles. The van der Waals surface area contributed by atoms with Crippen LogP contribution in [0.25, 0.3) is 0 Å². The molecule has 0 aromatic carbocycles. The highest BCUT2D eigenvalue weighted by atomic mass is 79.9. The Bertz CT molecular complexity index is 281. The number of fused-ring (bicyclic) bond motifs is 2. The molecule has 3 unspecified atom stereocenters. The average molecular weight is 325 g/mol. The Balaban J connectivity index is 2.47. The highest BCUT2D eigenvalue weighted by Crippen LogP contribution is 2.65. The summed E-state index contributed by atoms with van der Waals surface area (Å²) in [5.74, 6) is 0.685. The van der Waals surface area contributed by atoms with Crippen LogP contribution in [0.4, 0.5) is 0 Å². The van der Waals surface area contributed by atoms with Crippen molar-refractivity contribution in [3.05, 3.63) is 0 Å². The van der Waals surface area contributed by atoms with E-state index >= 15 is 0 Å². The van der Waals surface area contributed by atoms with Crippen LogP contribution in [0.5, 0.6) is 0 Å². The molecule has 2 aliphatic carbocycles. The van der Waals surface area contributed by atoms with Gasteiger partial charge in [0.1, 0.15) is 0 Å². The number of hydrogen-bond acceptors (Lipinski definition) is 2. The lowest BCUT2D eigenvalue weighted by Crippen LogP contribution is -2.40. The van der Waals surface area contributed by atoms with Crippen molar-refractivity contribution in [2.75, 3.05) is 10.7 Å². The Labute approximate surface area is 101 Å². The first-order chi connectivity index (χ1) is 6.64. The Kier molecular flexibility index (Phi) is 2.71. The van der Waals surface area contributed by atoms with Crippen LogP contribution in [-0.4, -0.2) is 21.6 Å². The highest BCUT2D eigenvalue weighted by Gasteiger charge is 2.64. The molecule has 2 aliphatic rings. The van der Waals surface area contributed by atoms with Crippen molar-refractivity contribution in [2.45, 2.75) is 26.2 Å². The predicted molar refractivity (Wildman–Crippen MR) is 64.7 cm³/mol. The maximum absolute atomic E-state index is 9.06. The quantitative estimate of drug-likeness (QED) is 0.471. The van der Waals surface area contributed by atoms with Gasteiger partial charge < -0.3 is 5.21 Å². The molecule has 0 spiro atoms. The van der Waals surface area contributed by atoms with E-state index < -0.39 is 0 Å². The molecule has 4 heteroatoms. The Morgan fingerprint density at radius 1 is 1.50 bits per heavy atom. The van der Waals surface area contributed by atoms with Gasteiger partial charge in [-0.3, -0.25) is 0 Å². The molecule has 14 heavy (non-hydrogen) atoms. The second-order valence-electron chi connectivity index (χ2n) is 4.75. The fourth-order valence-corrected chi connectivity index (χ4v) is 5.55. The van der Waals surface area contributed by atoms with E-state index in [0.717, 1.165) is 29.2 Å². The Morgan fingerprint density at radius 2 is 2.21 bits per heavy atom. The van der Waals surface area contributed by atoms with Gasteiger partial charge in [0.2, 0.25) is 0 Å². The fraction of sp³-hybridized carbons (Fsp3) is 0.900. The van der Waals surface area contributed by atoms with E-state index in [0.29, 0.717) is 5.92 Å². The molecule has 80 valence electrons. The summed E-state index contributed by atoms with van der Waals surface area (Å²) in [6.45, 7) is 2.32. The van der Waals surface area contributed by atoms with Gasteiger partial charge in [0.05, 0.1) is 5.71 Å². The van der Waals surface area contributed by atoms with E-state index in [4.69, 9.17) is 5.21 Å². The summed E-state index contributed by atoms with van der Waals surface area (Å²) in [7, 11) is 0. The molecule has 2 nitrogen and oxygen atoms in total. The van der Waals surface area contributed by atoms with Gasteiger partial charge >= 0.3 is 0 Å². The Morgan fingerprint density at radius 3 is 2.71 bits per heavy atom. The highest BCUT2D eigenvalue weighted by molar-refractivity contribution is 9.09. The summed E-state index contributed by atoms with van der Waals surface area (Å²) >= 11 is 7.23. The second kappa shape index (κ2) is 3.48. The van der Waals surface area contributed by atoms with E-state index in [1.165, 1.54) is 6.42 Å². The molecule has 0 saturated heterocycles. The molecule has 0 amide bonds. The lowest BCUT2D eigenvalue weighted by Gasteiger charge is -2.38. The Hall–Kier alpha value is 0.430. The molecule has 1 N–H and O–H groups in total. The molecule has 0 aromatic heterocycles. The minimum absolute atomic E-state index is 0.0932. The van der Waals surface area contributed by atoms with E-state index in [9.17, 15) is 0 Å². The van der Waals surface area contributed by atoms with Crippen LogP contribution in [0.2, 0.25) is 0 Å². The van der Waals surface area contributed by atoms with Crippen molar-refractivity contribution in [1.29, 1.82) is 0 Å². The maximum atomic E-state index is 9.06. The van der Waals surface area contributed by atoms with Gasteiger partial charge in [0, 0.05) is 16.1 Å². The molecule has 0 aromatic rings. The standard InChI is InChI=1S/C10H15Br2NO/c1-9(5-11)7-2-3-10(9,6-12)8(4-7)13-14/h7,14H,2-6H2,1H3/b13-8+. The predicted octanol–water partition coefficient (Wildman–Crippen LogP) is 3.41. The smallest absolute Gasteiger partial charge is 0.0649 e. The summed E-state index contributed by atoms with van der Waals surface area (Å²) in [6.07, 6.45) is 3.40. The molecular formula is C10H15Br2NO. The zero-order valence-electron chi connectivity index (χ0n) is 8.26. The number of rotatable bonds is 2. The van der Waals surface area contributed by atoms with Gasteiger partial charge in [-0.05, 0) is 30.6 Å². The van der Waals surface area contributed by atoms with Gasteiger partial charge in [-0.2, -0.15) is 0 Å². The summed E-state index contributed by atoms with van der Waals surface area (Å²) in [5, 5.41) is 14.5. The van der Waals surface area contributed by atoms with Gasteiger partial charge in [0.25, 0.3) is 0 Å². The zero-order valence-corrected chi connectivity index (χ0v) is 11.4. The van der Waals surface area contributed by atoms with Crippen molar-refractivity contribution >= 4 is 37.6 Å². The van der Waals surface area contributed by atoms with Crippen molar-refractivity contribution in [3.8, 4) is 0 Å². The summed E-state index contributed by atoms with van der Waals surface area (Å²) < 4.78 is 0. The van der Waals surface area contributed by atoms with Gasteiger partial charge in [-0.25, -0.2) is 0 Å². The lowest BCUT2D eigenvalue weighted by atomic mass is 9.70. The number of nitrogens with zero attached hydrogens (tertiary/aromatic N) is 1. The molecule has 2 rings (SSSR count). The second-order valence-corrected chi connectivity index (χ2v) is 5.87. The largest absolute Gasteiger partial charge is 0.411 e. The monoisotopic (exact) mass is 323 g/mol. The molecule has 2 fully saturated rings. The molecule has 0 heterocycles. The van der Waals surface area contributed by atoms with Crippen LogP contribution in [0.15, 0.2) is 5.16 Å². The van der Waals surface area contributed by atoms with Crippen molar-refractivity contribution in [1.82, 2.24) is 0 Å². The summed E-state index contributed by atoms with van der Waals surface area (Å²) in [4.78, 5) is 0. The van der Waals surface area contributed by atoms with E-state index in [-0.39, 0.29) is 10.8 Å². The summed E-state index contributed by atoms with van der Waals surface area (Å²) in [5.41, 5.74) is 1.36. The first-order valence-electron chi connectivity index (χ1n) is 4.98. The van der Waals surface area contributed by atoms with Crippen LogP contribution >= 0.6 is 31.9 Å². The van der Waals surface area contributed by atoms with Gasteiger partial charge in [0.15, 0.2) is 0 Å². The van der Waals surface area contributed by atoms with E-state index in [1.54, 1.807) is 0 Å². The normalized spacial score (nSPS) is 49.1. The zero-order chi connectivity index (χ0) is 10.4. The molecule has 2 bridgehead atoms. The van der Waals surface area contributed by atoms with Crippen LogP contribution < -0.4 is 0 Å². The van der Waals surface area contributed by atoms with E-state index in [2.05, 4.69) is 43.9 Å². The third kappa shape index (κ3) is 1.04. The maximum Gasteiger partial charge on any atom is 0.0649 e. The molecule has 3 atom stereocenters. The lowest BCUT2D eigenvalue weighted by molar-refractivity contribution is 0.205. The third-order valence-corrected chi connectivity index (χ3v) is 6.65. The van der Waals surface area contributed by atoms with Crippen molar-refractivity contribution in [2.24, 2.45) is 21.9 Å². The molecule has 0 aliphatic heterocycles. The number of oxime groups is 1. The van der Waals surface area contributed by atoms with Crippen LogP contribution in [-0.2, 0) is 0 Å². The summed E-state index contributed by atoms with van der Waals surface area (Å²) in [6, 6.07) is 0. The molecular weight excluding hydrogens is 310 g/mol. The minimum atomic E-state index is 0.0932. The number of alkyl halides is 2. The third-order valence-electron chi connectivity index (χ3n) is 4.53. The first kappa shape index (κ1) is 10.9. The SMILES string of the molecule is CC1(CBr)C2CCC1(CBr)/C(=N/O)C2. The van der Waals surface area contributed by atoms with Crippen LogP contribution in [0, 0.1) is 16.7 Å². The number of halogens is 2. The van der Waals surface area contributed by atoms with Gasteiger partial charge in [-0.15, -0.1) is 0 Å². The van der Waals surface area contributed by atoms with Crippen LogP contribution in [0.1, 0.15) is 26.2 Å². The van der Waals surface area contributed by atoms with Crippen molar-refractivity contribution in [3.63, 3.8) is 0 Å². The van der Waals surface area contributed by atoms with E-state index in [1.807, 2.05) is 0 Å². The number of hydrogen-bond donors (Lipinski definition) is 1.